The van der Waals surface area contributed by atoms with Crippen LogP contribution in [0.15, 0.2) is 52.0 Å². The van der Waals surface area contributed by atoms with Gasteiger partial charge >= 0.3 is 0 Å². The maximum absolute atomic E-state index is 12.8. The van der Waals surface area contributed by atoms with E-state index in [1.807, 2.05) is 36.1 Å². The Labute approximate surface area is 159 Å². The van der Waals surface area contributed by atoms with Crippen molar-refractivity contribution in [2.24, 2.45) is 0 Å². The van der Waals surface area contributed by atoms with E-state index in [-0.39, 0.29) is 0 Å². The first-order chi connectivity index (χ1) is 12.5. The Morgan fingerprint density at radius 2 is 1.85 bits per heavy atom. The highest BCUT2D eigenvalue weighted by atomic mass is 32.2. The van der Waals surface area contributed by atoms with E-state index >= 15 is 0 Å². The molecule has 0 saturated carbocycles. The summed E-state index contributed by atoms with van der Waals surface area (Å²) in [5.74, 6) is 0.809. The highest BCUT2D eigenvalue weighted by Gasteiger charge is 2.29. The monoisotopic (exact) mass is 393 g/mol. The molecule has 0 amide bonds. The number of benzene rings is 1. The first-order valence-corrected chi connectivity index (χ1v) is 10.5. The van der Waals surface area contributed by atoms with Crippen LogP contribution in [0.3, 0.4) is 0 Å². The number of aryl methyl sites for hydroxylation is 1. The van der Waals surface area contributed by atoms with Gasteiger partial charge in [0.2, 0.25) is 10.0 Å². The molecule has 0 atom stereocenters. The van der Waals surface area contributed by atoms with Crippen molar-refractivity contribution in [2.45, 2.75) is 24.8 Å². The van der Waals surface area contributed by atoms with E-state index in [1.54, 1.807) is 18.4 Å². The summed E-state index contributed by atoms with van der Waals surface area (Å²) in [6.07, 6.45) is 2.51. The summed E-state index contributed by atoms with van der Waals surface area (Å²) in [5.41, 5.74) is 1.13. The van der Waals surface area contributed by atoms with Crippen LogP contribution in [0.4, 0.5) is 0 Å². The molecule has 26 heavy (non-hydrogen) atoms. The van der Waals surface area contributed by atoms with E-state index in [0.29, 0.717) is 42.7 Å². The number of thiocarbonyl (C=S) groups is 1. The Morgan fingerprint density at radius 1 is 1.15 bits per heavy atom. The normalized spacial score (nSPS) is 15.8. The van der Waals surface area contributed by atoms with Crippen molar-refractivity contribution in [2.75, 3.05) is 26.2 Å². The minimum absolute atomic E-state index is 0.349. The number of rotatable bonds is 5. The lowest BCUT2D eigenvalue weighted by atomic mass is 10.2. The third kappa shape index (κ3) is 4.25. The fourth-order valence-corrected chi connectivity index (χ4v) is 4.54. The molecule has 1 fully saturated rings. The van der Waals surface area contributed by atoms with E-state index < -0.39 is 10.0 Å². The summed E-state index contributed by atoms with van der Waals surface area (Å²) in [5, 5.41) is 3.76. The van der Waals surface area contributed by atoms with Gasteiger partial charge in [-0.2, -0.15) is 4.31 Å². The number of nitrogens with zero attached hydrogens (tertiary/aromatic N) is 2. The summed E-state index contributed by atoms with van der Waals surface area (Å²) >= 11 is 5.41. The molecule has 1 N–H and O–H groups in total. The Bertz CT molecular complexity index is 825. The van der Waals surface area contributed by atoms with E-state index in [9.17, 15) is 8.42 Å². The van der Waals surface area contributed by atoms with Gasteiger partial charge in [-0.05, 0) is 48.5 Å². The van der Waals surface area contributed by atoms with E-state index in [2.05, 4.69) is 5.32 Å². The molecule has 0 spiro atoms. The minimum Gasteiger partial charge on any atom is -0.467 e. The van der Waals surface area contributed by atoms with Gasteiger partial charge in [0.25, 0.3) is 0 Å². The van der Waals surface area contributed by atoms with E-state index in [4.69, 9.17) is 16.6 Å². The quantitative estimate of drug-likeness (QED) is 0.786. The van der Waals surface area contributed by atoms with E-state index in [1.165, 1.54) is 4.31 Å². The summed E-state index contributed by atoms with van der Waals surface area (Å²) in [7, 11) is -3.46. The first kappa shape index (κ1) is 18.9. The van der Waals surface area contributed by atoms with Crippen molar-refractivity contribution in [3.8, 4) is 0 Å². The SMILES string of the molecule is CCc1ccc(S(=O)(=O)N2CCN(C(=S)NCc3ccco3)CC2)cc1. The third-order valence-corrected chi connectivity index (χ3v) is 6.80. The molecule has 3 rings (SSSR count). The minimum atomic E-state index is -3.46. The number of furan rings is 1. The molecular weight excluding hydrogens is 370 g/mol. The molecule has 0 radical (unpaired) electrons. The second-order valence-electron chi connectivity index (χ2n) is 6.13. The van der Waals surface area contributed by atoms with Gasteiger partial charge in [-0.25, -0.2) is 8.42 Å². The van der Waals surface area contributed by atoms with Crippen molar-refractivity contribution in [1.82, 2.24) is 14.5 Å². The molecule has 8 heteroatoms. The fraction of sp³-hybridized carbons (Fsp3) is 0.389. The van der Waals surface area contributed by atoms with Crippen LogP contribution in [0.1, 0.15) is 18.2 Å². The van der Waals surface area contributed by atoms with Gasteiger partial charge < -0.3 is 14.6 Å². The zero-order chi connectivity index (χ0) is 18.6. The zero-order valence-electron chi connectivity index (χ0n) is 14.7. The summed E-state index contributed by atoms with van der Waals surface area (Å²) < 4.78 is 32.4. The number of nitrogens with one attached hydrogen (secondary N) is 1. The summed E-state index contributed by atoms with van der Waals surface area (Å²) in [4.78, 5) is 2.34. The van der Waals surface area contributed by atoms with Crippen LogP contribution in [0.25, 0.3) is 0 Å². The third-order valence-electron chi connectivity index (χ3n) is 4.49. The van der Waals surface area contributed by atoms with Crippen LogP contribution in [-0.4, -0.2) is 48.9 Å². The summed E-state index contributed by atoms with van der Waals surface area (Å²) in [6.45, 7) is 4.53. The highest BCUT2D eigenvalue weighted by molar-refractivity contribution is 7.89. The van der Waals surface area contributed by atoms with Gasteiger partial charge in [-0.1, -0.05) is 19.1 Å². The van der Waals surface area contributed by atoms with Crippen LogP contribution in [0.2, 0.25) is 0 Å². The standard InChI is InChI=1S/C18H23N3O3S2/c1-2-15-5-7-17(8-6-15)26(22,23)21-11-9-20(10-12-21)18(25)19-14-16-4-3-13-24-16/h3-8,13H,2,9-12,14H2,1H3,(H,19,25). The lowest BCUT2D eigenvalue weighted by Crippen LogP contribution is -2.52. The lowest BCUT2D eigenvalue weighted by Gasteiger charge is -2.35. The van der Waals surface area contributed by atoms with Crippen LogP contribution >= 0.6 is 12.2 Å². The molecule has 6 nitrogen and oxygen atoms in total. The first-order valence-electron chi connectivity index (χ1n) is 8.65. The average Bonchev–Trinajstić information content (AvgIpc) is 3.20. The lowest BCUT2D eigenvalue weighted by molar-refractivity contribution is 0.263. The van der Waals surface area contributed by atoms with Crippen molar-refractivity contribution in [3.63, 3.8) is 0 Å². The number of sulfonamides is 1. The molecule has 1 saturated heterocycles. The largest absolute Gasteiger partial charge is 0.467 e. The molecule has 0 unspecified atom stereocenters. The molecule has 1 aromatic heterocycles. The smallest absolute Gasteiger partial charge is 0.243 e. The predicted octanol–water partition coefficient (Wildman–Crippen LogP) is 2.22. The molecular formula is C18H23N3O3S2. The highest BCUT2D eigenvalue weighted by Crippen LogP contribution is 2.18. The average molecular weight is 394 g/mol. The number of hydrogen-bond donors (Lipinski definition) is 1. The van der Waals surface area contributed by atoms with Crippen LogP contribution in [-0.2, 0) is 23.0 Å². The van der Waals surface area contributed by atoms with Crippen LogP contribution in [0, 0.1) is 0 Å². The van der Waals surface area contributed by atoms with Gasteiger partial charge in [0.15, 0.2) is 5.11 Å². The molecule has 0 aliphatic carbocycles. The topological polar surface area (TPSA) is 65.8 Å². The Hall–Kier alpha value is -1.90. The molecule has 140 valence electrons. The van der Waals surface area contributed by atoms with Crippen molar-refractivity contribution < 1.29 is 12.8 Å². The van der Waals surface area contributed by atoms with Gasteiger partial charge in [-0.15, -0.1) is 0 Å². The maximum atomic E-state index is 12.8. The van der Waals surface area contributed by atoms with Gasteiger partial charge in [0.05, 0.1) is 17.7 Å². The van der Waals surface area contributed by atoms with Crippen LogP contribution in [0.5, 0.6) is 0 Å². The Morgan fingerprint density at radius 3 is 2.42 bits per heavy atom. The predicted molar refractivity (Wildman–Crippen MR) is 104 cm³/mol. The number of piperazine rings is 1. The Kier molecular flexibility index (Phi) is 5.95. The van der Waals surface area contributed by atoms with E-state index in [0.717, 1.165) is 17.7 Å². The summed E-state index contributed by atoms with van der Waals surface area (Å²) in [6, 6.07) is 10.8. The van der Waals surface area contributed by atoms with Gasteiger partial charge in [0.1, 0.15) is 5.76 Å². The molecule has 0 bridgehead atoms. The Balaban J connectivity index is 1.55. The molecule has 1 aromatic carbocycles. The van der Waals surface area contributed by atoms with Gasteiger partial charge in [0, 0.05) is 26.2 Å². The number of hydrogen-bond acceptors (Lipinski definition) is 4. The van der Waals surface area contributed by atoms with Crippen LogP contribution < -0.4 is 5.32 Å². The van der Waals surface area contributed by atoms with Crippen molar-refractivity contribution >= 4 is 27.4 Å². The molecule has 1 aliphatic heterocycles. The fourth-order valence-electron chi connectivity index (χ4n) is 2.87. The molecule has 2 aromatic rings. The van der Waals surface area contributed by atoms with Gasteiger partial charge in [-0.3, -0.25) is 0 Å². The van der Waals surface area contributed by atoms with Crippen molar-refractivity contribution in [3.05, 3.63) is 54.0 Å². The second-order valence-corrected chi connectivity index (χ2v) is 8.45. The second kappa shape index (κ2) is 8.20. The molecule has 2 heterocycles. The van der Waals surface area contributed by atoms with Crippen molar-refractivity contribution in [1.29, 1.82) is 0 Å². The molecule has 1 aliphatic rings. The maximum Gasteiger partial charge on any atom is 0.243 e. The zero-order valence-corrected chi connectivity index (χ0v) is 16.4.